The van der Waals surface area contributed by atoms with Crippen molar-refractivity contribution in [3.8, 4) is 0 Å². The number of amides is 3. The van der Waals surface area contributed by atoms with Gasteiger partial charge in [0.2, 0.25) is 15.9 Å². The molecule has 0 unspecified atom stereocenters. The van der Waals surface area contributed by atoms with E-state index in [9.17, 15) is 28.2 Å². The Balaban J connectivity index is 1.57. The van der Waals surface area contributed by atoms with Gasteiger partial charge in [-0.25, -0.2) is 18.2 Å². The molecule has 4 rings (SSSR count). The highest BCUT2D eigenvalue weighted by atomic mass is 32.2. The van der Waals surface area contributed by atoms with Gasteiger partial charge in [-0.15, -0.1) is 11.3 Å². The monoisotopic (exact) mass is 700 g/mol. The summed E-state index contributed by atoms with van der Waals surface area (Å²) in [5, 5.41) is 29.5. The topological polar surface area (TPSA) is 169 Å². The molecule has 2 heterocycles. The fourth-order valence-corrected chi connectivity index (χ4v) is 8.27. The summed E-state index contributed by atoms with van der Waals surface area (Å²) in [5.74, 6) is -0.876. The molecule has 0 aliphatic carbocycles. The van der Waals surface area contributed by atoms with Gasteiger partial charge >= 0.3 is 6.03 Å². The Hall–Kier alpha value is -3.40. The van der Waals surface area contributed by atoms with Crippen molar-refractivity contribution in [2.45, 2.75) is 76.9 Å². The molecule has 2 aromatic carbocycles. The minimum atomic E-state index is -4.08. The van der Waals surface area contributed by atoms with Crippen LogP contribution in [0.2, 0.25) is 0 Å². The summed E-state index contributed by atoms with van der Waals surface area (Å²) in [6, 6.07) is 13.2. The number of hydrogen-bond donors (Lipinski definition) is 4. The van der Waals surface area contributed by atoms with Crippen molar-refractivity contribution >= 4 is 33.3 Å². The third-order valence-electron chi connectivity index (χ3n) is 8.40. The van der Waals surface area contributed by atoms with Crippen LogP contribution in [0.4, 0.5) is 4.79 Å². The Morgan fingerprint density at radius 2 is 1.71 bits per heavy atom. The summed E-state index contributed by atoms with van der Waals surface area (Å²) in [6.45, 7) is 10.7. The Bertz CT molecular complexity index is 1620. The molecule has 3 amide bonds. The van der Waals surface area contributed by atoms with Crippen LogP contribution in [-0.4, -0.2) is 100 Å². The van der Waals surface area contributed by atoms with E-state index in [2.05, 4.69) is 10.3 Å². The maximum atomic E-state index is 13.8. The summed E-state index contributed by atoms with van der Waals surface area (Å²) < 4.78 is 28.9. The standard InChI is InChI=1S/C34H48N6O6S2/c1-22(2)18-39(48(45,46)28-13-11-26(12-14-28)32(35)42)20-30(41)29(17-25-9-7-6-8-10-25)37-33(43)31(23(3)4)40-16-15-38(34(40)44)19-27-21-47-24(5)36-27/h6-14,21-23,29-31,33,37,41,43H,15-20H2,1-5H3,(H2,35,42)/t29-,30+,31-,33-/m0/s1. The number of sulfonamides is 1. The Kier molecular flexibility index (Phi) is 12.7. The number of nitrogens with two attached hydrogens (primary N) is 1. The molecule has 14 heteroatoms. The van der Waals surface area contributed by atoms with E-state index in [1.54, 1.807) is 9.80 Å². The van der Waals surface area contributed by atoms with Crippen LogP contribution < -0.4 is 11.1 Å². The van der Waals surface area contributed by atoms with E-state index >= 15 is 0 Å². The van der Waals surface area contributed by atoms with Crippen LogP contribution in [0.1, 0.15) is 54.3 Å². The van der Waals surface area contributed by atoms with Crippen LogP contribution in [0.5, 0.6) is 0 Å². The fraction of sp³-hybridized carbons (Fsp3) is 0.500. The quantitative estimate of drug-likeness (QED) is 0.156. The van der Waals surface area contributed by atoms with Crippen LogP contribution in [0.15, 0.2) is 64.9 Å². The second-order valence-electron chi connectivity index (χ2n) is 13.1. The lowest BCUT2D eigenvalue weighted by molar-refractivity contribution is -0.00162. The molecule has 0 bridgehead atoms. The number of nitrogens with one attached hydrogen (secondary N) is 1. The molecule has 0 radical (unpaired) electrons. The van der Waals surface area contributed by atoms with E-state index < -0.39 is 40.3 Å². The Morgan fingerprint density at radius 3 is 2.27 bits per heavy atom. The molecule has 1 aromatic heterocycles. The van der Waals surface area contributed by atoms with Crippen LogP contribution in [0, 0.1) is 18.8 Å². The highest BCUT2D eigenvalue weighted by molar-refractivity contribution is 7.89. The SMILES string of the molecule is Cc1nc(CN2CCN([C@@H](C(C)C)[C@H](O)N[C@@H](Cc3ccccc3)[C@H](O)CN(CC(C)C)S(=O)(=O)c3ccc(C(N)=O)cc3)C2=O)cs1. The normalized spacial score (nSPS) is 16.6. The Morgan fingerprint density at radius 1 is 1.04 bits per heavy atom. The molecule has 1 aliphatic rings. The van der Waals surface area contributed by atoms with Gasteiger partial charge in [-0.1, -0.05) is 58.0 Å². The average Bonchev–Trinajstić information content (AvgIpc) is 3.61. The smallest absolute Gasteiger partial charge is 0.320 e. The largest absolute Gasteiger partial charge is 0.390 e. The van der Waals surface area contributed by atoms with Crippen molar-refractivity contribution in [1.29, 1.82) is 0 Å². The molecule has 1 fully saturated rings. The zero-order valence-electron chi connectivity index (χ0n) is 28.2. The van der Waals surface area contributed by atoms with Crippen LogP contribution >= 0.6 is 11.3 Å². The first kappa shape index (κ1) is 37.4. The summed E-state index contributed by atoms with van der Waals surface area (Å²) in [5.41, 5.74) is 7.23. The summed E-state index contributed by atoms with van der Waals surface area (Å²) in [6.07, 6.45) is -2.18. The number of urea groups is 1. The van der Waals surface area contributed by atoms with Crippen molar-refractivity contribution in [3.63, 3.8) is 0 Å². The highest BCUT2D eigenvalue weighted by Gasteiger charge is 2.40. The number of carbonyl (C=O) groups excluding carboxylic acids is 2. The molecule has 4 atom stereocenters. The third-order valence-corrected chi connectivity index (χ3v) is 11.1. The van der Waals surface area contributed by atoms with E-state index in [0.717, 1.165) is 16.3 Å². The van der Waals surface area contributed by atoms with E-state index in [0.29, 0.717) is 19.6 Å². The first-order valence-corrected chi connectivity index (χ1v) is 18.5. The summed E-state index contributed by atoms with van der Waals surface area (Å²) in [4.78, 5) is 33.0. The molecule has 0 spiro atoms. The van der Waals surface area contributed by atoms with Crippen molar-refractivity contribution in [2.24, 2.45) is 17.6 Å². The number of aliphatic hydroxyl groups excluding tert-OH is 2. The second-order valence-corrected chi connectivity index (χ2v) is 16.1. The zero-order chi connectivity index (χ0) is 35.2. The van der Waals surface area contributed by atoms with Gasteiger partial charge in [0.15, 0.2) is 0 Å². The number of nitrogens with zero attached hydrogens (tertiary/aromatic N) is 4. The number of thiazole rings is 1. The number of hydrogen-bond acceptors (Lipinski definition) is 9. The van der Waals surface area contributed by atoms with Crippen LogP contribution in [0.3, 0.4) is 0 Å². The maximum Gasteiger partial charge on any atom is 0.320 e. The van der Waals surface area contributed by atoms with E-state index in [4.69, 9.17) is 5.73 Å². The summed E-state index contributed by atoms with van der Waals surface area (Å²) >= 11 is 1.53. The van der Waals surface area contributed by atoms with Gasteiger partial charge in [-0.05, 0) is 55.0 Å². The van der Waals surface area contributed by atoms with E-state index in [1.165, 1.54) is 39.9 Å². The number of aromatic nitrogens is 1. The Labute approximate surface area is 287 Å². The minimum Gasteiger partial charge on any atom is -0.390 e. The highest BCUT2D eigenvalue weighted by Crippen LogP contribution is 2.24. The van der Waals surface area contributed by atoms with Crippen molar-refractivity contribution in [3.05, 3.63) is 81.8 Å². The van der Waals surface area contributed by atoms with Gasteiger partial charge < -0.3 is 25.7 Å². The first-order chi connectivity index (χ1) is 22.7. The average molecular weight is 701 g/mol. The van der Waals surface area contributed by atoms with Crippen LogP contribution in [0.25, 0.3) is 0 Å². The number of aliphatic hydroxyl groups is 2. The number of carbonyl (C=O) groups is 2. The first-order valence-electron chi connectivity index (χ1n) is 16.2. The van der Waals surface area contributed by atoms with Crippen molar-refractivity contribution < 1.29 is 28.2 Å². The molecule has 1 aliphatic heterocycles. The minimum absolute atomic E-state index is 0.0299. The van der Waals surface area contributed by atoms with Gasteiger partial charge in [-0.3, -0.25) is 10.1 Å². The fourth-order valence-electron chi connectivity index (χ4n) is 6.04. The van der Waals surface area contributed by atoms with Gasteiger partial charge in [0, 0.05) is 43.2 Å². The van der Waals surface area contributed by atoms with Crippen molar-refractivity contribution in [2.75, 3.05) is 26.2 Å². The van der Waals surface area contributed by atoms with E-state index in [-0.39, 0.29) is 47.8 Å². The molecular weight excluding hydrogens is 653 g/mol. The zero-order valence-corrected chi connectivity index (χ0v) is 29.8. The lowest BCUT2D eigenvalue weighted by Gasteiger charge is -2.38. The second kappa shape index (κ2) is 16.3. The van der Waals surface area contributed by atoms with Gasteiger partial charge in [0.25, 0.3) is 0 Å². The molecule has 0 saturated carbocycles. The van der Waals surface area contributed by atoms with Gasteiger partial charge in [0.1, 0.15) is 6.23 Å². The number of primary amides is 1. The molecular formula is C34H48N6O6S2. The molecule has 5 N–H and O–H groups in total. The van der Waals surface area contributed by atoms with Crippen molar-refractivity contribution in [1.82, 2.24) is 24.4 Å². The predicted molar refractivity (Wildman–Crippen MR) is 186 cm³/mol. The van der Waals surface area contributed by atoms with Crippen LogP contribution in [-0.2, 0) is 23.0 Å². The maximum absolute atomic E-state index is 13.8. The molecule has 262 valence electrons. The van der Waals surface area contributed by atoms with Gasteiger partial charge in [-0.2, -0.15) is 4.31 Å². The molecule has 1 saturated heterocycles. The summed E-state index contributed by atoms with van der Waals surface area (Å²) in [7, 11) is -4.08. The predicted octanol–water partition coefficient (Wildman–Crippen LogP) is 3.04. The third kappa shape index (κ3) is 9.39. The number of aryl methyl sites for hydroxylation is 1. The molecule has 3 aromatic rings. The van der Waals surface area contributed by atoms with E-state index in [1.807, 2.05) is 70.3 Å². The lowest BCUT2D eigenvalue weighted by atomic mass is 9.97. The van der Waals surface area contributed by atoms with Gasteiger partial charge in [0.05, 0.1) is 34.3 Å². The molecule has 12 nitrogen and oxygen atoms in total. The lowest BCUT2D eigenvalue weighted by Crippen LogP contribution is -2.59. The number of rotatable bonds is 17. The number of benzene rings is 2. The molecule has 48 heavy (non-hydrogen) atoms.